The molecule has 4 heteroatoms. The highest BCUT2D eigenvalue weighted by molar-refractivity contribution is 5.78. The van der Waals surface area contributed by atoms with Crippen molar-refractivity contribution in [3.05, 3.63) is 18.0 Å². The van der Waals surface area contributed by atoms with Gasteiger partial charge in [0.2, 0.25) is 6.20 Å². The molecule has 0 aliphatic rings. The van der Waals surface area contributed by atoms with Gasteiger partial charge in [-0.3, -0.25) is 4.79 Å². The van der Waals surface area contributed by atoms with Gasteiger partial charge in [0.25, 0.3) is 0 Å². The second-order valence-corrected chi connectivity index (χ2v) is 5.22. The number of rotatable bonds is 14. The molecule has 0 unspecified atom stereocenters. The van der Waals surface area contributed by atoms with E-state index in [1.54, 1.807) is 0 Å². The molecule has 116 valence electrons. The first-order chi connectivity index (χ1) is 9.70. The SMILES string of the molecule is C=C[N+]([O-])=NCCCCCCCC(=O)CCCCCC. The van der Waals surface area contributed by atoms with Gasteiger partial charge in [-0.2, -0.15) is 0 Å². The fraction of sp³-hybridized carbons (Fsp3) is 0.812. The maximum atomic E-state index is 11.6. The summed E-state index contributed by atoms with van der Waals surface area (Å²) in [6.07, 6.45) is 12.6. The third-order valence-corrected chi connectivity index (χ3v) is 3.32. The summed E-state index contributed by atoms with van der Waals surface area (Å²) in [5.41, 5.74) is 0. The van der Waals surface area contributed by atoms with Crippen molar-refractivity contribution in [2.45, 2.75) is 77.6 Å². The number of hydroxylamine groups is 1. The zero-order valence-corrected chi connectivity index (χ0v) is 13.0. The summed E-state index contributed by atoms with van der Waals surface area (Å²) in [7, 11) is 0. The second kappa shape index (κ2) is 14.2. The molecule has 4 nitrogen and oxygen atoms in total. The normalized spacial score (nSPS) is 11.6. The molecule has 0 rings (SSSR count). The van der Waals surface area contributed by atoms with Crippen molar-refractivity contribution in [2.24, 2.45) is 5.11 Å². The molecule has 0 radical (unpaired) electrons. The molecule has 0 aromatic heterocycles. The molecule has 20 heavy (non-hydrogen) atoms. The maximum absolute atomic E-state index is 11.6. The Morgan fingerprint density at radius 1 is 1.05 bits per heavy atom. The number of hydrogen-bond acceptors (Lipinski definition) is 3. The Kier molecular flexibility index (Phi) is 13.4. The molecule has 0 aliphatic carbocycles. The van der Waals surface area contributed by atoms with Crippen LogP contribution in [-0.2, 0) is 4.79 Å². The maximum Gasteiger partial charge on any atom is 0.202 e. The lowest BCUT2D eigenvalue weighted by molar-refractivity contribution is -0.458. The number of carbonyl (C=O) groups excluding carboxylic acids is 1. The highest BCUT2D eigenvalue weighted by Gasteiger charge is 2.01. The predicted molar refractivity (Wildman–Crippen MR) is 82.6 cm³/mol. The number of nitrogens with zero attached hydrogens (tertiary/aromatic N) is 2. The molecule has 0 atom stereocenters. The highest BCUT2D eigenvalue weighted by Crippen LogP contribution is 2.09. The van der Waals surface area contributed by atoms with Crippen LogP contribution in [-0.4, -0.2) is 17.2 Å². The van der Waals surface area contributed by atoms with Gasteiger partial charge in [0.1, 0.15) is 12.3 Å². The molecule has 0 bridgehead atoms. The van der Waals surface area contributed by atoms with Crippen molar-refractivity contribution in [2.75, 3.05) is 6.54 Å². The van der Waals surface area contributed by atoms with Crippen LogP contribution in [0.1, 0.15) is 77.6 Å². The fourth-order valence-electron chi connectivity index (χ4n) is 2.07. The van der Waals surface area contributed by atoms with Gasteiger partial charge in [0, 0.05) is 12.8 Å². The predicted octanol–water partition coefficient (Wildman–Crippen LogP) is 4.97. The van der Waals surface area contributed by atoms with Gasteiger partial charge in [-0.15, -0.1) is 0 Å². The lowest BCUT2D eigenvalue weighted by Gasteiger charge is -2.01. The van der Waals surface area contributed by atoms with Gasteiger partial charge >= 0.3 is 0 Å². The molecule has 0 spiro atoms. The average Bonchev–Trinajstić information content (AvgIpc) is 2.46. The molecule has 0 aromatic carbocycles. The van der Waals surface area contributed by atoms with Crippen LogP contribution in [0.5, 0.6) is 0 Å². The molecule has 0 saturated heterocycles. The van der Waals surface area contributed by atoms with Crippen LogP contribution in [0.25, 0.3) is 0 Å². The van der Waals surface area contributed by atoms with Gasteiger partial charge in [0.05, 0.1) is 0 Å². The average molecular weight is 282 g/mol. The number of carbonyl (C=O) groups is 1. The Morgan fingerprint density at radius 2 is 1.60 bits per heavy atom. The molecule has 0 aromatic rings. The van der Waals surface area contributed by atoms with Crippen molar-refractivity contribution >= 4 is 5.78 Å². The van der Waals surface area contributed by atoms with E-state index in [1.807, 2.05) is 0 Å². The number of ketones is 1. The van der Waals surface area contributed by atoms with Crippen LogP contribution in [0.3, 0.4) is 0 Å². The first-order valence-corrected chi connectivity index (χ1v) is 7.98. The van der Waals surface area contributed by atoms with Crippen molar-refractivity contribution in [3.63, 3.8) is 0 Å². The Bertz CT molecular complexity index is 288. The standard InChI is InChI=1S/C16H30N2O2/c1-3-5-6-10-13-16(19)14-11-8-7-9-12-15-17-18(20)4-2/h4H,2-3,5-15H2,1H3. The smallest absolute Gasteiger partial charge is 0.202 e. The van der Waals surface area contributed by atoms with E-state index in [1.165, 1.54) is 19.3 Å². The van der Waals surface area contributed by atoms with Crippen LogP contribution >= 0.6 is 0 Å². The summed E-state index contributed by atoms with van der Waals surface area (Å²) >= 11 is 0. The monoisotopic (exact) mass is 282 g/mol. The number of azo groups is 1. The van der Waals surface area contributed by atoms with Gasteiger partial charge < -0.3 is 5.21 Å². The van der Waals surface area contributed by atoms with Crippen molar-refractivity contribution < 1.29 is 9.66 Å². The van der Waals surface area contributed by atoms with Gasteiger partial charge in [-0.05, 0) is 31.0 Å². The minimum atomic E-state index is 0.420. The Labute approximate surface area is 123 Å². The van der Waals surface area contributed by atoms with E-state index in [2.05, 4.69) is 18.6 Å². The first kappa shape index (κ1) is 18.8. The summed E-state index contributed by atoms with van der Waals surface area (Å²) in [5, 5.41) is 14.5. The van der Waals surface area contributed by atoms with Crippen molar-refractivity contribution in [1.82, 2.24) is 0 Å². The lowest BCUT2D eigenvalue weighted by atomic mass is 10.0. The molecule has 0 heterocycles. The van der Waals surface area contributed by atoms with E-state index in [0.717, 1.165) is 57.6 Å². The van der Waals surface area contributed by atoms with E-state index < -0.39 is 0 Å². The van der Waals surface area contributed by atoms with E-state index in [-0.39, 0.29) is 0 Å². The molecule has 0 N–H and O–H groups in total. The van der Waals surface area contributed by atoms with Crippen molar-refractivity contribution in [3.8, 4) is 0 Å². The van der Waals surface area contributed by atoms with Crippen LogP contribution in [0.15, 0.2) is 17.9 Å². The summed E-state index contributed by atoms with van der Waals surface area (Å²) in [6, 6.07) is 0. The largest absolute Gasteiger partial charge is 0.595 e. The van der Waals surface area contributed by atoms with E-state index in [4.69, 9.17) is 0 Å². The summed E-state index contributed by atoms with van der Waals surface area (Å²) in [5.74, 6) is 0.420. The molecular weight excluding hydrogens is 252 g/mol. The fourth-order valence-corrected chi connectivity index (χ4v) is 2.07. The zero-order chi connectivity index (χ0) is 15.1. The molecule has 0 aliphatic heterocycles. The minimum absolute atomic E-state index is 0.420. The topological polar surface area (TPSA) is 55.5 Å². The van der Waals surface area contributed by atoms with E-state index in [9.17, 15) is 10.0 Å². The number of Topliss-reactive ketones (excluding diaryl/α,β-unsaturated/α-hetero) is 1. The van der Waals surface area contributed by atoms with Crippen LogP contribution in [0.4, 0.5) is 0 Å². The first-order valence-electron chi connectivity index (χ1n) is 7.98. The zero-order valence-electron chi connectivity index (χ0n) is 13.0. The Balaban J connectivity index is 3.27. The third-order valence-electron chi connectivity index (χ3n) is 3.32. The number of hydrogen-bond donors (Lipinski definition) is 0. The summed E-state index contributed by atoms with van der Waals surface area (Å²) in [4.78, 5) is 12.1. The van der Waals surface area contributed by atoms with Crippen molar-refractivity contribution in [1.29, 1.82) is 0 Å². The van der Waals surface area contributed by atoms with Gasteiger partial charge in [-0.1, -0.05) is 50.3 Å². The van der Waals surface area contributed by atoms with Crippen LogP contribution in [0, 0.1) is 5.21 Å². The van der Waals surface area contributed by atoms with Crippen LogP contribution in [0.2, 0.25) is 0 Å². The second-order valence-electron chi connectivity index (χ2n) is 5.22. The van der Waals surface area contributed by atoms with Gasteiger partial charge in [0.15, 0.2) is 0 Å². The van der Waals surface area contributed by atoms with Gasteiger partial charge in [-0.25, -0.2) is 0 Å². The van der Waals surface area contributed by atoms with Crippen LogP contribution < -0.4 is 0 Å². The third kappa shape index (κ3) is 13.2. The minimum Gasteiger partial charge on any atom is -0.595 e. The molecule has 0 fully saturated rings. The summed E-state index contributed by atoms with van der Waals surface area (Å²) in [6.45, 7) is 6.08. The Hall–Kier alpha value is -1.19. The molecular formula is C16H30N2O2. The van der Waals surface area contributed by atoms with E-state index in [0.29, 0.717) is 17.2 Å². The molecule has 0 saturated carbocycles. The Morgan fingerprint density at radius 3 is 2.20 bits per heavy atom. The lowest BCUT2D eigenvalue weighted by Crippen LogP contribution is -1.97. The number of unbranched alkanes of at least 4 members (excludes halogenated alkanes) is 7. The van der Waals surface area contributed by atoms with E-state index >= 15 is 0 Å². The molecule has 0 amide bonds. The summed E-state index contributed by atoms with van der Waals surface area (Å²) < 4.78 is 0. The highest BCUT2D eigenvalue weighted by atomic mass is 16.5. The quantitative estimate of drug-likeness (QED) is 0.195.